The predicted molar refractivity (Wildman–Crippen MR) is 106 cm³/mol. The molecular weight excluding hydrogens is 344 g/mol. The molecule has 2 N–H and O–H groups in total. The standard InChI is InChI=1S/C20H24N4OS/c1-20(2,3)16-9-11-17(12-10-16)25-13-18-22-23-19(24(18)21)26-14-15-7-5-4-6-8-15/h4-12H,13-14,21H2,1-3H3. The number of hydrogen-bond acceptors (Lipinski definition) is 5. The average molecular weight is 369 g/mol. The largest absolute Gasteiger partial charge is 0.486 e. The molecule has 0 spiro atoms. The van der Waals surface area contributed by atoms with Gasteiger partial charge < -0.3 is 10.6 Å². The fourth-order valence-electron chi connectivity index (χ4n) is 2.43. The second kappa shape index (κ2) is 7.83. The summed E-state index contributed by atoms with van der Waals surface area (Å²) in [6, 6.07) is 18.3. The number of rotatable bonds is 6. The van der Waals surface area contributed by atoms with E-state index in [4.69, 9.17) is 10.6 Å². The predicted octanol–water partition coefficient (Wildman–Crippen LogP) is 4.16. The molecule has 26 heavy (non-hydrogen) atoms. The molecular formula is C20H24N4OS. The summed E-state index contributed by atoms with van der Waals surface area (Å²) >= 11 is 1.56. The number of hydrogen-bond donors (Lipinski definition) is 1. The number of aromatic nitrogens is 3. The molecule has 0 aliphatic carbocycles. The van der Waals surface area contributed by atoms with Crippen molar-refractivity contribution >= 4 is 11.8 Å². The Balaban J connectivity index is 1.58. The first-order chi connectivity index (χ1) is 12.4. The van der Waals surface area contributed by atoms with Gasteiger partial charge in [0.25, 0.3) is 0 Å². The molecule has 0 saturated heterocycles. The zero-order chi connectivity index (χ0) is 18.6. The lowest BCUT2D eigenvalue weighted by atomic mass is 9.87. The summed E-state index contributed by atoms with van der Waals surface area (Å²) in [6.07, 6.45) is 0. The topological polar surface area (TPSA) is 66.0 Å². The summed E-state index contributed by atoms with van der Waals surface area (Å²) in [4.78, 5) is 0. The summed E-state index contributed by atoms with van der Waals surface area (Å²) in [7, 11) is 0. The van der Waals surface area contributed by atoms with Crippen LogP contribution in [-0.2, 0) is 17.8 Å². The van der Waals surface area contributed by atoms with Gasteiger partial charge in [-0.3, -0.25) is 0 Å². The quantitative estimate of drug-likeness (QED) is 0.523. The van der Waals surface area contributed by atoms with Gasteiger partial charge in [-0.15, -0.1) is 10.2 Å². The summed E-state index contributed by atoms with van der Waals surface area (Å²) in [5, 5.41) is 8.98. The van der Waals surface area contributed by atoms with E-state index in [9.17, 15) is 0 Å². The molecule has 1 heterocycles. The third-order valence-corrected chi connectivity index (χ3v) is 5.05. The van der Waals surface area contributed by atoms with Gasteiger partial charge in [0.2, 0.25) is 5.16 Å². The highest BCUT2D eigenvalue weighted by Gasteiger charge is 2.14. The molecule has 0 aliphatic rings. The highest BCUT2D eigenvalue weighted by Crippen LogP contribution is 2.25. The summed E-state index contributed by atoms with van der Waals surface area (Å²) in [5.41, 5.74) is 2.62. The molecule has 0 unspecified atom stereocenters. The van der Waals surface area contributed by atoms with Crippen molar-refractivity contribution in [2.24, 2.45) is 0 Å². The lowest BCUT2D eigenvalue weighted by Gasteiger charge is -2.19. The van der Waals surface area contributed by atoms with E-state index < -0.39 is 0 Å². The lowest BCUT2D eigenvalue weighted by molar-refractivity contribution is 0.291. The Morgan fingerprint density at radius 3 is 2.35 bits per heavy atom. The molecule has 1 aromatic heterocycles. The van der Waals surface area contributed by atoms with E-state index in [1.807, 2.05) is 30.3 Å². The lowest BCUT2D eigenvalue weighted by Crippen LogP contribution is -2.16. The maximum Gasteiger partial charge on any atom is 0.210 e. The van der Waals surface area contributed by atoms with Crippen LogP contribution in [-0.4, -0.2) is 14.9 Å². The normalized spacial score (nSPS) is 11.5. The third-order valence-electron chi connectivity index (χ3n) is 4.03. The average Bonchev–Trinajstić information content (AvgIpc) is 2.98. The maximum atomic E-state index is 6.10. The highest BCUT2D eigenvalue weighted by atomic mass is 32.2. The Hall–Kier alpha value is -2.47. The van der Waals surface area contributed by atoms with Crippen molar-refractivity contribution in [3.05, 3.63) is 71.5 Å². The molecule has 3 rings (SSSR count). The monoisotopic (exact) mass is 368 g/mol. The van der Waals surface area contributed by atoms with Crippen LogP contribution in [0.4, 0.5) is 0 Å². The fraction of sp³-hybridized carbons (Fsp3) is 0.300. The van der Waals surface area contributed by atoms with E-state index in [1.165, 1.54) is 15.8 Å². The molecule has 6 heteroatoms. The first-order valence-corrected chi connectivity index (χ1v) is 9.51. The molecule has 2 aromatic carbocycles. The van der Waals surface area contributed by atoms with Gasteiger partial charge in [0.15, 0.2) is 5.82 Å². The molecule has 0 radical (unpaired) electrons. The first-order valence-electron chi connectivity index (χ1n) is 8.53. The van der Waals surface area contributed by atoms with E-state index in [1.54, 1.807) is 11.8 Å². The Kier molecular flexibility index (Phi) is 5.52. The van der Waals surface area contributed by atoms with Gasteiger partial charge in [0.05, 0.1) is 0 Å². The van der Waals surface area contributed by atoms with Crippen LogP contribution in [0.2, 0.25) is 0 Å². The van der Waals surface area contributed by atoms with Gasteiger partial charge in [-0.2, -0.15) is 0 Å². The highest BCUT2D eigenvalue weighted by molar-refractivity contribution is 7.98. The van der Waals surface area contributed by atoms with Crippen LogP contribution in [0, 0.1) is 0 Å². The van der Waals surface area contributed by atoms with Crippen molar-refractivity contribution < 1.29 is 4.74 Å². The molecule has 5 nitrogen and oxygen atoms in total. The molecule has 136 valence electrons. The Morgan fingerprint density at radius 2 is 1.69 bits per heavy atom. The molecule has 0 fully saturated rings. The van der Waals surface area contributed by atoms with Crippen LogP contribution in [0.1, 0.15) is 37.7 Å². The van der Waals surface area contributed by atoms with Crippen LogP contribution in [0.5, 0.6) is 5.75 Å². The van der Waals surface area contributed by atoms with Gasteiger partial charge in [-0.25, -0.2) is 4.68 Å². The van der Waals surface area contributed by atoms with Crippen molar-refractivity contribution in [3.8, 4) is 5.75 Å². The number of nitrogen functional groups attached to an aromatic ring is 1. The third kappa shape index (κ3) is 4.58. The maximum absolute atomic E-state index is 6.10. The number of benzene rings is 2. The molecule has 0 saturated carbocycles. The number of nitrogens with two attached hydrogens (primary N) is 1. The van der Waals surface area contributed by atoms with Crippen LogP contribution in [0.15, 0.2) is 59.8 Å². The van der Waals surface area contributed by atoms with Gasteiger partial charge in [-0.05, 0) is 28.7 Å². The minimum Gasteiger partial charge on any atom is -0.486 e. The van der Waals surface area contributed by atoms with Crippen molar-refractivity contribution in [1.29, 1.82) is 0 Å². The SMILES string of the molecule is CC(C)(C)c1ccc(OCc2nnc(SCc3ccccc3)n2N)cc1. The Bertz CT molecular complexity index is 838. The van der Waals surface area contributed by atoms with Gasteiger partial charge in [0.1, 0.15) is 12.4 Å². The van der Waals surface area contributed by atoms with Crippen molar-refractivity contribution in [2.75, 3.05) is 5.84 Å². The summed E-state index contributed by atoms with van der Waals surface area (Å²) in [5.74, 6) is 8.29. The molecule has 0 bridgehead atoms. The molecule has 0 atom stereocenters. The van der Waals surface area contributed by atoms with E-state index in [-0.39, 0.29) is 12.0 Å². The van der Waals surface area contributed by atoms with Gasteiger partial charge in [0, 0.05) is 5.75 Å². The van der Waals surface area contributed by atoms with Crippen molar-refractivity contribution in [1.82, 2.24) is 14.9 Å². The van der Waals surface area contributed by atoms with E-state index in [0.29, 0.717) is 11.0 Å². The molecule has 3 aromatic rings. The Morgan fingerprint density at radius 1 is 1.00 bits per heavy atom. The minimum atomic E-state index is 0.126. The summed E-state index contributed by atoms with van der Waals surface area (Å²) < 4.78 is 7.30. The van der Waals surface area contributed by atoms with Crippen LogP contribution in [0.3, 0.4) is 0 Å². The van der Waals surface area contributed by atoms with Crippen LogP contribution < -0.4 is 10.6 Å². The fourth-order valence-corrected chi connectivity index (χ4v) is 3.26. The summed E-state index contributed by atoms with van der Waals surface area (Å²) in [6.45, 7) is 6.85. The zero-order valence-corrected chi connectivity index (χ0v) is 16.2. The second-order valence-electron chi connectivity index (χ2n) is 7.11. The van der Waals surface area contributed by atoms with Crippen LogP contribution >= 0.6 is 11.8 Å². The molecule has 0 aliphatic heterocycles. The number of nitrogens with zero attached hydrogens (tertiary/aromatic N) is 3. The Labute approximate surface area is 158 Å². The number of thioether (sulfide) groups is 1. The van der Waals surface area contributed by atoms with Gasteiger partial charge in [-0.1, -0.05) is 75.0 Å². The first kappa shape index (κ1) is 18.3. The van der Waals surface area contributed by atoms with E-state index in [2.05, 4.69) is 55.2 Å². The van der Waals surface area contributed by atoms with E-state index in [0.717, 1.165) is 11.5 Å². The zero-order valence-electron chi connectivity index (χ0n) is 15.3. The number of ether oxygens (including phenoxy) is 1. The smallest absolute Gasteiger partial charge is 0.210 e. The second-order valence-corrected chi connectivity index (χ2v) is 8.05. The van der Waals surface area contributed by atoms with Crippen molar-refractivity contribution in [2.45, 2.75) is 43.7 Å². The van der Waals surface area contributed by atoms with E-state index >= 15 is 0 Å². The molecule has 0 amide bonds. The van der Waals surface area contributed by atoms with Crippen LogP contribution in [0.25, 0.3) is 0 Å². The van der Waals surface area contributed by atoms with Gasteiger partial charge >= 0.3 is 0 Å². The van der Waals surface area contributed by atoms with Crippen molar-refractivity contribution in [3.63, 3.8) is 0 Å². The minimum absolute atomic E-state index is 0.126.